The Balaban J connectivity index is 1.74. The number of benzene rings is 1. The van der Waals surface area contributed by atoms with Crippen LogP contribution in [0.5, 0.6) is 0 Å². The van der Waals surface area contributed by atoms with Crippen LogP contribution in [0.2, 0.25) is 0 Å². The Morgan fingerprint density at radius 2 is 2.00 bits per heavy atom. The van der Waals surface area contributed by atoms with E-state index in [-0.39, 0.29) is 23.3 Å². The molecule has 1 aromatic rings. The van der Waals surface area contributed by atoms with Gasteiger partial charge >= 0.3 is 0 Å². The zero-order valence-electron chi connectivity index (χ0n) is 11.4. The number of nitrogens with one attached hydrogen (secondary N) is 1. The molecule has 4 heteroatoms. The first-order chi connectivity index (χ1) is 9.65. The number of rotatable bonds is 3. The van der Waals surface area contributed by atoms with Crippen molar-refractivity contribution in [3.8, 4) is 6.07 Å². The van der Waals surface area contributed by atoms with E-state index in [2.05, 4.69) is 11.4 Å². The van der Waals surface area contributed by atoms with Crippen molar-refractivity contribution in [3.05, 3.63) is 29.8 Å². The Labute approximate surface area is 119 Å². The van der Waals surface area contributed by atoms with Gasteiger partial charge in [0.25, 0.3) is 0 Å². The van der Waals surface area contributed by atoms with Gasteiger partial charge in [0, 0.05) is 11.7 Å². The highest BCUT2D eigenvalue weighted by molar-refractivity contribution is 5.91. The fraction of sp³-hybridized carbons (Fsp3) is 0.500. The molecule has 0 saturated heterocycles. The van der Waals surface area contributed by atoms with Gasteiger partial charge in [-0.3, -0.25) is 4.79 Å². The van der Waals surface area contributed by atoms with E-state index < -0.39 is 0 Å². The van der Waals surface area contributed by atoms with Gasteiger partial charge in [0.05, 0.1) is 17.4 Å². The summed E-state index contributed by atoms with van der Waals surface area (Å²) < 4.78 is 0. The number of amides is 1. The van der Waals surface area contributed by atoms with Gasteiger partial charge in [-0.2, -0.15) is 5.26 Å². The van der Waals surface area contributed by atoms with Gasteiger partial charge < -0.3 is 11.1 Å². The molecule has 20 heavy (non-hydrogen) atoms. The van der Waals surface area contributed by atoms with E-state index in [1.807, 2.05) is 24.3 Å². The van der Waals surface area contributed by atoms with E-state index in [9.17, 15) is 4.79 Å². The number of nitriles is 1. The molecule has 0 aromatic heterocycles. The summed E-state index contributed by atoms with van der Waals surface area (Å²) in [4.78, 5) is 12.6. The highest BCUT2D eigenvalue weighted by atomic mass is 16.2. The SMILES string of the molecule is N#CC1CCCC1NC(=O)C1(c2ccc(N)cc2)CC1. The molecule has 2 unspecified atom stereocenters. The largest absolute Gasteiger partial charge is 0.399 e. The molecule has 0 radical (unpaired) electrons. The maximum absolute atomic E-state index is 12.6. The molecule has 1 aromatic carbocycles. The van der Waals surface area contributed by atoms with Crippen molar-refractivity contribution < 1.29 is 4.79 Å². The Hall–Kier alpha value is -2.02. The molecule has 2 saturated carbocycles. The van der Waals surface area contributed by atoms with Crippen molar-refractivity contribution in [1.29, 1.82) is 5.26 Å². The molecule has 2 aliphatic rings. The minimum Gasteiger partial charge on any atom is -0.399 e. The lowest BCUT2D eigenvalue weighted by atomic mass is 9.93. The van der Waals surface area contributed by atoms with Crippen LogP contribution in [-0.4, -0.2) is 11.9 Å². The highest BCUT2D eigenvalue weighted by Gasteiger charge is 2.52. The van der Waals surface area contributed by atoms with Gasteiger partial charge in [-0.25, -0.2) is 0 Å². The third kappa shape index (κ3) is 2.14. The van der Waals surface area contributed by atoms with E-state index in [1.165, 1.54) is 0 Å². The average Bonchev–Trinajstić information content (AvgIpc) is 3.15. The van der Waals surface area contributed by atoms with Crippen molar-refractivity contribution in [3.63, 3.8) is 0 Å². The number of nitrogens with zero attached hydrogens (tertiary/aromatic N) is 1. The summed E-state index contributed by atoms with van der Waals surface area (Å²) in [7, 11) is 0. The standard InChI is InChI=1S/C16H19N3O/c17-10-11-2-1-3-14(11)19-15(20)16(8-9-16)12-4-6-13(18)7-5-12/h4-7,11,14H,1-3,8-9,18H2,(H,19,20). The van der Waals surface area contributed by atoms with Gasteiger partial charge in [0.2, 0.25) is 5.91 Å². The summed E-state index contributed by atoms with van der Waals surface area (Å²) in [5.41, 5.74) is 7.07. The molecule has 1 amide bonds. The quantitative estimate of drug-likeness (QED) is 0.825. The number of carbonyl (C=O) groups excluding carboxylic acids is 1. The second-order valence-corrected chi connectivity index (χ2v) is 5.95. The predicted molar refractivity (Wildman–Crippen MR) is 76.7 cm³/mol. The van der Waals surface area contributed by atoms with E-state index in [0.29, 0.717) is 5.69 Å². The summed E-state index contributed by atoms with van der Waals surface area (Å²) in [6.07, 6.45) is 4.61. The summed E-state index contributed by atoms with van der Waals surface area (Å²) in [5, 5.41) is 12.2. The molecular weight excluding hydrogens is 250 g/mol. The van der Waals surface area contributed by atoms with Gasteiger partial charge in [-0.05, 0) is 49.8 Å². The van der Waals surface area contributed by atoms with Gasteiger partial charge in [-0.1, -0.05) is 12.1 Å². The van der Waals surface area contributed by atoms with Crippen LogP contribution >= 0.6 is 0 Å². The lowest BCUT2D eigenvalue weighted by molar-refractivity contribution is -0.124. The summed E-state index contributed by atoms with van der Waals surface area (Å²) >= 11 is 0. The molecular formula is C16H19N3O. The number of hydrogen-bond donors (Lipinski definition) is 2. The Bertz CT molecular complexity index is 554. The van der Waals surface area contributed by atoms with Crippen molar-refractivity contribution in [2.45, 2.75) is 43.6 Å². The van der Waals surface area contributed by atoms with E-state index >= 15 is 0 Å². The number of nitrogens with two attached hydrogens (primary N) is 1. The third-order valence-corrected chi connectivity index (χ3v) is 4.65. The van der Waals surface area contributed by atoms with Crippen LogP contribution in [0.1, 0.15) is 37.7 Å². The van der Waals surface area contributed by atoms with E-state index in [0.717, 1.165) is 37.7 Å². The van der Waals surface area contributed by atoms with E-state index in [1.54, 1.807) is 0 Å². The Morgan fingerprint density at radius 3 is 2.60 bits per heavy atom. The summed E-state index contributed by atoms with van der Waals surface area (Å²) in [6, 6.07) is 9.91. The molecule has 0 spiro atoms. The Kier molecular flexibility index (Phi) is 3.13. The molecule has 0 aliphatic heterocycles. The molecule has 2 fully saturated rings. The van der Waals surface area contributed by atoms with Crippen LogP contribution in [-0.2, 0) is 10.2 Å². The first kappa shape index (κ1) is 13.0. The number of carbonyl (C=O) groups is 1. The molecule has 104 valence electrons. The molecule has 0 bridgehead atoms. The number of nitrogen functional groups attached to an aromatic ring is 1. The maximum atomic E-state index is 12.6. The predicted octanol–water partition coefficient (Wildman–Crippen LogP) is 2.11. The van der Waals surface area contributed by atoms with Gasteiger partial charge in [0.15, 0.2) is 0 Å². The van der Waals surface area contributed by atoms with Crippen LogP contribution in [0.25, 0.3) is 0 Å². The number of anilines is 1. The Morgan fingerprint density at radius 1 is 1.30 bits per heavy atom. The first-order valence-electron chi connectivity index (χ1n) is 7.22. The van der Waals surface area contributed by atoms with Crippen molar-refractivity contribution in [1.82, 2.24) is 5.32 Å². The lowest BCUT2D eigenvalue weighted by Gasteiger charge is -2.21. The number of hydrogen-bond acceptors (Lipinski definition) is 3. The second kappa shape index (κ2) is 4.82. The van der Waals surface area contributed by atoms with Crippen LogP contribution in [0.3, 0.4) is 0 Å². The third-order valence-electron chi connectivity index (χ3n) is 4.65. The minimum absolute atomic E-state index is 0.0266. The van der Waals surface area contributed by atoms with Gasteiger partial charge in [-0.15, -0.1) is 0 Å². The monoisotopic (exact) mass is 269 g/mol. The topological polar surface area (TPSA) is 78.9 Å². The van der Waals surface area contributed by atoms with Gasteiger partial charge in [0.1, 0.15) is 0 Å². The van der Waals surface area contributed by atoms with Crippen LogP contribution in [0.15, 0.2) is 24.3 Å². The van der Waals surface area contributed by atoms with Crippen molar-refractivity contribution >= 4 is 11.6 Å². The second-order valence-electron chi connectivity index (χ2n) is 5.95. The molecule has 4 nitrogen and oxygen atoms in total. The fourth-order valence-corrected chi connectivity index (χ4v) is 3.17. The maximum Gasteiger partial charge on any atom is 0.230 e. The van der Waals surface area contributed by atoms with Crippen LogP contribution in [0.4, 0.5) is 5.69 Å². The van der Waals surface area contributed by atoms with E-state index in [4.69, 9.17) is 11.0 Å². The lowest BCUT2D eigenvalue weighted by Crippen LogP contribution is -2.43. The minimum atomic E-state index is -0.379. The smallest absolute Gasteiger partial charge is 0.230 e. The van der Waals surface area contributed by atoms with Crippen LogP contribution < -0.4 is 11.1 Å². The van der Waals surface area contributed by atoms with Crippen molar-refractivity contribution in [2.24, 2.45) is 5.92 Å². The van der Waals surface area contributed by atoms with Crippen molar-refractivity contribution in [2.75, 3.05) is 5.73 Å². The summed E-state index contributed by atoms with van der Waals surface area (Å²) in [5.74, 6) is 0.0515. The molecule has 2 aliphatic carbocycles. The van der Waals surface area contributed by atoms with Crippen LogP contribution in [0, 0.1) is 17.2 Å². The molecule has 3 rings (SSSR count). The average molecular weight is 269 g/mol. The first-order valence-corrected chi connectivity index (χ1v) is 7.22. The normalized spacial score (nSPS) is 26.8. The summed E-state index contributed by atoms with van der Waals surface area (Å²) in [6.45, 7) is 0. The molecule has 0 heterocycles. The fourth-order valence-electron chi connectivity index (χ4n) is 3.17. The molecule has 3 N–H and O–H groups in total. The molecule has 2 atom stereocenters. The highest BCUT2D eigenvalue weighted by Crippen LogP contribution is 2.48. The zero-order valence-corrected chi connectivity index (χ0v) is 11.4. The zero-order chi connectivity index (χ0) is 14.2.